The molecule has 30 heavy (non-hydrogen) atoms. The molecule has 0 amide bonds. The largest absolute Gasteiger partial charge is 0.370 e. The number of aromatic nitrogens is 2. The van der Waals surface area contributed by atoms with E-state index >= 15 is 0 Å². The molecule has 1 aliphatic heterocycles. The Morgan fingerprint density at radius 1 is 1.17 bits per heavy atom. The number of nitrogens with zero attached hydrogens (tertiary/aromatic N) is 4. The summed E-state index contributed by atoms with van der Waals surface area (Å²) in [6.45, 7) is 8.40. The minimum absolute atomic E-state index is 0.0819. The molecule has 0 spiro atoms. The SMILES string of the molecule is CN=C(NCCCn1c(C)nc2ccccc21)N1CCOC(c2ccccc2C)C1. The van der Waals surface area contributed by atoms with E-state index in [1.54, 1.807) is 0 Å². The van der Waals surface area contributed by atoms with E-state index in [0.717, 1.165) is 49.9 Å². The van der Waals surface area contributed by atoms with Crippen LogP contribution >= 0.6 is 0 Å². The molecule has 0 aliphatic carbocycles. The number of hydrogen-bond donors (Lipinski definition) is 1. The maximum absolute atomic E-state index is 6.06. The van der Waals surface area contributed by atoms with Gasteiger partial charge in [0.1, 0.15) is 11.9 Å². The molecule has 1 aliphatic rings. The molecular formula is C24H31N5O. The quantitative estimate of drug-likeness (QED) is 0.400. The molecule has 0 radical (unpaired) electrons. The molecule has 1 N–H and O–H groups in total. The molecule has 6 nitrogen and oxygen atoms in total. The van der Waals surface area contributed by atoms with Crippen molar-refractivity contribution in [1.29, 1.82) is 0 Å². The first kappa shape index (κ1) is 20.4. The summed E-state index contributed by atoms with van der Waals surface area (Å²) in [6.07, 6.45) is 1.09. The van der Waals surface area contributed by atoms with Crippen LogP contribution in [0, 0.1) is 13.8 Å². The predicted molar refractivity (Wildman–Crippen MR) is 122 cm³/mol. The average Bonchev–Trinajstić information content (AvgIpc) is 3.09. The van der Waals surface area contributed by atoms with Crippen molar-refractivity contribution in [3.63, 3.8) is 0 Å². The second-order valence-electron chi connectivity index (χ2n) is 7.79. The Balaban J connectivity index is 1.33. The van der Waals surface area contributed by atoms with Crippen LogP contribution in [0.4, 0.5) is 0 Å². The zero-order chi connectivity index (χ0) is 20.9. The number of nitrogens with one attached hydrogen (secondary N) is 1. The standard InChI is InChI=1S/C24H31N5O/c1-18-9-4-5-10-20(18)23-17-28(15-16-30-23)24(25-3)26-13-8-14-29-19(2)27-21-11-6-7-12-22(21)29/h4-7,9-12,23H,8,13-17H2,1-3H3,(H,25,26). The maximum atomic E-state index is 6.06. The third-order valence-corrected chi connectivity index (χ3v) is 5.80. The van der Waals surface area contributed by atoms with Gasteiger partial charge in [0.05, 0.1) is 24.2 Å². The Bertz CT molecular complexity index is 1030. The fourth-order valence-electron chi connectivity index (χ4n) is 4.23. The van der Waals surface area contributed by atoms with Crippen molar-refractivity contribution in [2.24, 2.45) is 4.99 Å². The summed E-state index contributed by atoms with van der Waals surface area (Å²) in [5.74, 6) is 2.01. The summed E-state index contributed by atoms with van der Waals surface area (Å²) in [5, 5.41) is 3.54. The number of para-hydroxylation sites is 2. The highest BCUT2D eigenvalue weighted by Crippen LogP contribution is 2.25. The van der Waals surface area contributed by atoms with E-state index in [9.17, 15) is 0 Å². The zero-order valence-electron chi connectivity index (χ0n) is 18.1. The molecule has 4 rings (SSSR count). The molecule has 2 aromatic carbocycles. The molecule has 1 saturated heterocycles. The smallest absolute Gasteiger partial charge is 0.193 e. The van der Waals surface area contributed by atoms with Crippen LogP contribution in [-0.4, -0.2) is 53.7 Å². The number of hydrogen-bond acceptors (Lipinski definition) is 3. The lowest BCUT2D eigenvalue weighted by Gasteiger charge is -2.35. The van der Waals surface area contributed by atoms with Crippen molar-refractivity contribution in [2.45, 2.75) is 32.9 Å². The number of aryl methyl sites for hydroxylation is 3. The minimum Gasteiger partial charge on any atom is -0.370 e. The lowest BCUT2D eigenvalue weighted by molar-refractivity contribution is -0.00830. The molecule has 1 aromatic heterocycles. The number of ether oxygens (including phenoxy) is 1. The third kappa shape index (κ3) is 4.33. The monoisotopic (exact) mass is 405 g/mol. The normalized spacial score (nSPS) is 17.5. The summed E-state index contributed by atoms with van der Waals surface area (Å²) >= 11 is 0. The van der Waals surface area contributed by atoms with Gasteiger partial charge in [0.15, 0.2) is 5.96 Å². The Kier molecular flexibility index (Phi) is 6.33. The Morgan fingerprint density at radius 2 is 1.97 bits per heavy atom. The van der Waals surface area contributed by atoms with E-state index in [1.165, 1.54) is 16.6 Å². The van der Waals surface area contributed by atoms with Crippen molar-refractivity contribution in [1.82, 2.24) is 19.8 Å². The first-order valence-electron chi connectivity index (χ1n) is 10.7. The van der Waals surface area contributed by atoms with Crippen molar-refractivity contribution in [3.05, 3.63) is 65.5 Å². The van der Waals surface area contributed by atoms with E-state index in [-0.39, 0.29) is 6.10 Å². The molecule has 2 heterocycles. The average molecular weight is 406 g/mol. The lowest BCUT2D eigenvalue weighted by atomic mass is 10.0. The number of rotatable bonds is 5. The van der Waals surface area contributed by atoms with Gasteiger partial charge in [-0.25, -0.2) is 4.98 Å². The van der Waals surface area contributed by atoms with Gasteiger partial charge in [-0.1, -0.05) is 36.4 Å². The highest BCUT2D eigenvalue weighted by Gasteiger charge is 2.25. The number of fused-ring (bicyclic) bond motifs is 1. The number of imidazole rings is 1. The van der Waals surface area contributed by atoms with Crippen molar-refractivity contribution >= 4 is 17.0 Å². The van der Waals surface area contributed by atoms with E-state index in [2.05, 4.69) is 81.1 Å². The third-order valence-electron chi connectivity index (χ3n) is 5.80. The summed E-state index contributed by atoms with van der Waals surface area (Å²) < 4.78 is 8.36. The van der Waals surface area contributed by atoms with Crippen LogP contribution in [0.3, 0.4) is 0 Å². The maximum Gasteiger partial charge on any atom is 0.193 e. The fraction of sp³-hybridized carbons (Fsp3) is 0.417. The van der Waals surface area contributed by atoms with Gasteiger partial charge in [-0.15, -0.1) is 0 Å². The second-order valence-corrected chi connectivity index (χ2v) is 7.79. The first-order chi connectivity index (χ1) is 14.7. The van der Waals surface area contributed by atoms with Crippen LogP contribution < -0.4 is 5.32 Å². The highest BCUT2D eigenvalue weighted by molar-refractivity contribution is 5.80. The van der Waals surface area contributed by atoms with Gasteiger partial charge in [0.2, 0.25) is 0 Å². The number of morpholine rings is 1. The summed E-state index contributed by atoms with van der Waals surface area (Å²) in [4.78, 5) is 11.5. The van der Waals surface area contributed by atoms with Gasteiger partial charge in [0.25, 0.3) is 0 Å². The molecule has 158 valence electrons. The number of benzene rings is 2. The summed E-state index contributed by atoms with van der Waals surface area (Å²) in [7, 11) is 1.86. The van der Waals surface area contributed by atoms with E-state index in [4.69, 9.17) is 4.74 Å². The van der Waals surface area contributed by atoms with E-state index in [1.807, 2.05) is 13.1 Å². The van der Waals surface area contributed by atoms with Crippen LogP contribution in [0.5, 0.6) is 0 Å². The molecule has 1 atom stereocenters. The van der Waals surface area contributed by atoms with Gasteiger partial charge in [-0.3, -0.25) is 4.99 Å². The number of aliphatic imine (C=N–C) groups is 1. The van der Waals surface area contributed by atoms with Gasteiger partial charge in [-0.05, 0) is 43.5 Å². The zero-order valence-corrected chi connectivity index (χ0v) is 18.1. The van der Waals surface area contributed by atoms with Crippen LogP contribution in [0.25, 0.3) is 11.0 Å². The first-order valence-corrected chi connectivity index (χ1v) is 10.7. The Morgan fingerprint density at radius 3 is 2.80 bits per heavy atom. The molecule has 6 heteroatoms. The Labute approximate surface area is 178 Å². The Hall–Kier alpha value is -2.86. The van der Waals surface area contributed by atoms with Gasteiger partial charge in [-0.2, -0.15) is 0 Å². The molecule has 0 bridgehead atoms. The van der Waals surface area contributed by atoms with Crippen LogP contribution in [-0.2, 0) is 11.3 Å². The van der Waals surface area contributed by atoms with E-state index < -0.39 is 0 Å². The van der Waals surface area contributed by atoms with Crippen molar-refractivity contribution < 1.29 is 4.74 Å². The van der Waals surface area contributed by atoms with Gasteiger partial charge < -0.3 is 19.5 Å². The molecule has 3 aromatic rings. The summed E-state index contributed by atoms with van der Waals surface area (Å²) in [5.41, 5.74) is 4.80. The predicted octanol–water partition coefficient (Wildman–Crippen LogP) is 3.69. The van der Waals surface area contributed by atoms with Gasteiger partial charge >= 0.3 is 0 Å². The fourth-order valence-corrected chi connectivity index (χ4v) is 4.23. The molecule has 0 saturated carbocycles. The molecular weight excluding hydrogens is 374 g/mol. The molecule has 1 fully saturated rings. The van der Waals surface area contributed by atoms with Crippen LogP contribution in [0.1, 0.15) is 29.5 Å². The minimum atomic E-state index is 0.0819. The highest BCUT2D eigenvalue weighted by atomic mass is 16.5. The van der Waals surface area contributed by atoms with Crippen molar-refractivity contribution in [3.8, 4) is 0 Å². The van der Waals surface area contributed by atoms with Crippen LogP contribution in [0.15, 0.2) is 53.5 Å². The van der Waals surface area contributed by atoms with E-state index in [0.29, 0.717) is 6.61 Å². The molecule has 1 unspecified atom stereocenters. The van der Waals surface area contributed by atoms with Gasteiger partial charge in [0, 0.05) is 26.7 Å². The second kappa shape index (κ2) is 9.30. The summed E-state index contributed by atoms with van der Waals surface area (Å²) in [6, 6.07) is 16.8. The topological polar surface area (TPSA) is 54.7 Å². The van der Waals surface area contributed by atoms with Crippen LogP contribution in [0.2, 0.25) is 0 Å². The number of guanidine groups is 1. The lowest BCUT2D eigenvalue weighted by Crippen LogP contribution is -2.48. The van der Waals surface area contributed by atoms with Crippen molar-refractivity contribution in [2.75, 3.05) is 33.3 Å².